The van der Waals surface area contributed by atoms with E-state index >= 15 is 0 Å². The van der Waals surface area contributed by atoms with Gasteiger partial charge < -0.3 is 10.2 Å². The summed E-state index contributed by atoms with van der Waals surface area (Å²) in [5.74, 6) is -2.04. The van der Waals surface area contributed by atoms with Crippen molar-refractivity contribution < 1.29 is 22.8 Å². The molecule has 22 heavy (non-hydrogen) atoms. The van der Waals surface area contributed by atoms with Crippen LogP contribution in [0.2, 0.25) is 0 Å². The van der Waals surface area contributed by atoms with Crippen LogP contribution in [-0.4, -0.2) is 36.0 Å². The number of rotatable bonds is 3. The molecular formula is C15H17F3N2O2. The van der Waals surface area contributed by atoms with Crippen LogP contribution in [0.3, 0.4) is 0 Å². The maximum atomic E-state index is 12.2. The average Bonchev–Trinajstić information content (AvgIpc) is 2.52. The molecule has 1 heterocycles. The van der Waals surface area contributed by atoms with E-state index in [2.05, 4.69) is 0 Å². The fraction of sp³-hybridized carbons (Fsp3) is 0.467. The summed E-state index contributed by atoms with van der Waals surface area (Å²) in [7, 11) is 0. The second-order valence-corrected chi connectivity index (χ2v) is 5.23. The highest BCUT2D eigenvalue weighted by molar-refractivity contribution is 5.94. The Hall–Kier alpha value is -2.05. The van der Waals surface area contributed by atoms with Crippen LogP contribution in [0, 0.1) is 0 Å². The number of amides is 2. The van der Waals surface area contributed by atoms with E-state index < -0.39 is 12.1 Å². The molecule has 2 rings (SSSR count). The average molecular weight is 314 g/mol. The standard InChI is InChI=1S/C15H17F3N2O2/c16-15(17,18)14(22)19-10-11-4-6-12(7-5-11)13(21)20-8-2-1-3-9-20/h4-7H,1-3,8-10H2,(H,19,22). The Kier molecular flexibility index (Phi) is 5.05. The molecule has 0 unspecified atom stereocenters. The molecule has 0 atom stereocenters. The minimum atomic E-state index is -4.88. The van der Waals surface area contributed by atoms with Gasteiger partial charge in [-0.1, -0.05) is 12.1 Å². The highest BCUT2D eigenvalue weighted by atomic mass is 19.4. The van der Waals surface area contributed by atoms with Crippen molar-refractivity contribution in [2.24, 2.45) is 0 Å². The summed E-state index contributed by atoms with van der Waals surface area (Å²) in [4.78, 5) is 24.7. The van der Waals surface area contributed by atoms with Gasteiger partial charge in [-0.25, -0.2) is 0 Å². The number of likely N-dealkylation sites (tertiary alicyclic amines) is 1. The first-order valence-corrected chi connectivity index (χ1v) is 7.11. The number of nitrogens with one attached hydrogen (secondary N) is 1. The van der Waals surface area contributed by atoms with Gasteiger partial charge in [-0.15, -0.1) is 0 Å². The van der Waals surface area contributed by atoms with E-state index in [0.29, 0.717) is 11.1 Å². The van der Waals surface area contributed by atoms with Crippen molar-refractivity contribution in [1.29, 1.82) is 0 Å². The van der Waals surface area contributed by atoms with Gasteiger partial charge in [0.25, 0.3) is 5.91 Å². The number of hydrogen-bond acceptors (Lipinski definition) is 2. The zero-order valence-electron chi connectivity index (χ0n) is 11.9. The molecule has 0 spiro atoms. The third-order valence-corrected chi connectivity index (χ3v) is 3.55. The summed E-state index contributed by atoms with van der Waals surface area (Å²) in [6, 6.07) is 6.25. The molecule has 1 aliphatic rings. The van der Waals surface area contributed by atoms with E-state index in [-0.39, 0.29) is 12.5 Å². The number of piperidine rings is 1. The second-order valence-electron chi connectivity index (χ2n) is 5.23. The molecule has 4 nitrogen and oxygen atoms in total. The number of halogens is 3. The zero-order chi connectivity index (χ0) is 16.2. The predicted molar refractivity (Wildman–Crippen MR) is 74.1 cm³/mol. The summed E-state index contributed by atoms with van der Waals surface area (Å²) in [6.07, 6.45) is -1.77. The first-order chi connectivity index (χ1) is 10.4. The summed E-state index contributed by atoms with van der Waals surface area (Å²) in [5, 5.41) is 1.79. The van der Waals surface area contributed by atoms with Gasteiger partial charge >= 0.3 is 12.1 Å². The van der Waals surface area contributed by atoms with E-state index in [1.807, 2.05) is 0 Å². The number of alkyl halides is 3. The molecular weight excluding hydrogens is 297 g/mol. The molecule has 1 saturated heterocycles. The predicted octanol–water partition coefficient (Wildman–Crippen LogP) is 2.49. The molecule has 0 bridgehead atoms. The maximum Gasteiger partial charge on any atom is 0.471 e. The van der Waals surface area contributed by atoms with Crippen LogP contribution in [0.15, 0.2) is 24.3 Å². The van der Waals surface area contributed by atoms with Gasteiger partial charge in [0.05, 0.1) is 0 Å². The van der Waals surface area contributed by atoms with Crippen molar-refractivity contribution in [2.75, 3.05) is 13.1 Å². The van der Waals surface area contributed by atoms with Gasteiger partial charge in [0, 0.05) is 25.2 Å². The summed E-state index contributed by atoms with van der Waals surface area (Å²) in [6.45, 7) is 1.25. The summed E-state index contributed by atoms with van der Waals surface area (Å²) >= 11 is 0. The Labute approximate surface area is 126 Å². The van der Waals surface area contributed by atoms with Crippen LogP contribution in [0.5, 0.6) is 0 Å². The molecule has 0 radical (unpaired) electrons. The van der Waals surface area contributed by atoms with Crippen LogP contribution < -0.4 is 5.32 Å². The van der Waals surface area contributed by atoms with E-state index in [1.165, 1.54) is 0 Å². The first-order valence-electron chi connectivity index (χ1n) is 7.11. The Morgan fingerprint density at radius 2 is 1.64 bits per heavy atom. The number of nitrogens with zero attached hydrogens (tertiary/aromatic N) is 1. The van der Waals surface area contributed by atoms with E-state index in [0.717, 1.165) is 32.4 Å². The van der Waals surface area contributed by atoms with Crippen LogP contribution in [0.1, 0.15) is 35.2 Å². The molecule has 2 amide bonds. The molecule has 0 saturated carbocycles. The minimum absolute atomic E-state index is 0.0643. The Morgan fingerprint density at radius 1 is 1.05 bits per heavy atom. The lowest BCUT2D eigenvalue weighted by molar-refractivity contribution is -0.173. The second kappa shape index (κ2) is 6.81. The highest BCUT2D eigenvalue weighted by Gasteiger charge is 2.38. The van der Waals surface area contributed by atoms with E-state index in [4.69, 9.17) is 0 Å². The summed E-state index contributed by atoms with van der Waals surface area (Å²) in [5.41, 5.74) is 1.01. The Bertz CT molecular complexity index is 535. The monoisotopic (exact) mass is 314 g/mol. The van der Waals surface area contributed by atoms with Crippen molar-refractivity contribution in [1.82, 2.24) is 10.2 Å². The molecule has 7 heteroatoms. The molecule has 1 aromatic rings. The molecule has 120 valence electrons. The van der Waals surface area contributed by atoms with Gasteiger partial charge in [0.2, 0.25) is 0 Å². The smallest absolute Gasteiger partial charge is 0.344 e. The zero-order valence-corrected chi connectivity index (χ0v) is 11.9. The maximum absolute atomic E-state index is 12.2. The first kappa shape index (κ1) is 16.3. The van der Waals surface area contributed by atoms with Crippen molar-refractivity contribution >= 4 is 11.8 Å². The lowest BCUT2D eigenvalue weighted by Crippen LogP contribution is -2.36. The lowest BCUT2D eigenvalue weighted by atomic mass is 10.1. The minimum Gasteiger partial charge on any atom is -0.344 e. The van der Waals surface area contributed by atoms with E-state index in [9.17, 15) is 22.8 Å². The van der Waals surface area contributed by atoms with Crippen LogP contribution in [-0.2, 0) is 11.3 Å². The quantitative estimate of drug-likeness (QED) is 0.932. The number of hydrogen-bond donors (Lipinski definition) is 1. The Balaban J connectivity index is 1.92. The van der Waals surface area contributed by atoms with Crippen molar-refractivity contribution in [3.63, 3.8) is 0 Å². The highest BCUT2D eigenvalue weighted by Crippen LogP contribution is 2.16. The van der Waals surface area contributed by atoms with Gasteiger partial charge in [-0.3, -0.25) is 9.59 Å². The van der Waals surface area contributed by atoms with Crippen LogP contribution in [0.25, 0.3) is 0 Å². The van der Waals surface area contributed by atoms with E-state index in [1.54, 1.807) is 34.5 Å². The number of benzene rings is 1. The normalized spacial score (nSPS) is 15.5. The van der Waals surface area contributed by atoms with Crippen LogP contribution in [0.4, 0.5) is 13.2 Å². The van der Waals surface area contributed by atoms with Crippen LogP contribution >= 0.6 is 0 Å². The number of carbonyl (C=O) groups excluding carboxylic acids is 2. The molecule has 0 aromatic heterocycles. The molecule has 1 N–H and O–H groups in total. The SMILES string of the molecule is O=C(c1ccc(CNC(=O)C(F)(F)F)cc1)N1CCCCC1. The third-order valence-electron chi connectivity index (χ3n) is 3.55. The van der Waals surface area contributed by atoms with Gasteiger partial charge in [-0.05, 0) is 37.0 Å². The van der Waals surface area contributed by atoms with Crippen molar-refractivity contribution in [3.8, 4) is 0 Å². The van der Waals surface area contributed by atoms with Crippen molar-refractivity contribution in [3.05, 3.63) is 35.4 Å². The lowest BCUT2D eigenvalue weighted by Gasteiger charge is -2.26. The number of carbonyl (C=O) groups is 2. The third kappa shape index (κ3) is 4.22. The molecule has 1 fully saturated rings. The van der Waals surface area contributed by atoms with Crippen molar-refractivity contribution in [2.45, 2.75) is 32.0 Å². The largest absolute Gasteiger partial charge is 0.471 e. The Morgan fingerprint density at radius 3 is 2.18 bits per heavy atom. The molecule has 1 aromatic carbocycles. The van der Waals surface area contributed by atoms with Gasteiger partial charge in [0.1, 0.15) is 0 Å². The molecule has 0 aliphatic carbocycles. The molecule has 1 aliphatic heterocycles. The van der Waals surface area contributed by atoms with Gasteiger partial charge in [-0.2, -0.15) is 13.2 Å². The summed E-state index contributed by atoms with van der Waals surface area (Å²) < 4.78 is 36.2. The topological polar surface area (TPSA) is 49.4 Å². The fourth-order valence-corrected chi connectivity index (χ4v) is 2.33. The fourth-order valence-electron chi connectivity index (χ4n) is 2.33. The van der Waals surface area contributed by atoms with Gasteiger partial charge in [0.15, 0.2) is 0 Å².